The van der Waals surface area contributed by atoms with Crippen LogP contribution in [0.3, 0.4) is 0 Å². The zero-order valence-electron chi connectivity index (χ0n) is 12.2. The molecule has 1 fully saturated rings. The van der Waals surface area contributed by atoms with Gasteiger partial charge in [-0.3, -0.25) is 0 Å². The third-order valence-corrected chi connectivity index (χ3v) is 6.71. The Labute approximate surface area is 142 Å². The summed E-state index contributed by atoms with van der Waals surface area (Å²) >= 11 is 3.90. The van der Waals surface area contributed by atoms with Crippen molar-refractivity contribution >= 4 is 29.5 Å². The van der Waals surface area contributed by atoms with Gasteiger partial charge < -0.3 is 14.2 Å². The molecule has 118 valence electrons. The van der Waals surface area contributed by atoms with Crippen LogP contribution in [0.15, 0.2) is 42.5 Å². The first kappa shape index (κ1) is 14.8. The minimum Gasteiger partial charge on any atom is -0.454 e. The van der Waals surface area contributed by atoms with E-state index in [2.05, 4.69) is 0 Å². The lowest BCUT2D eigenvalue weighted by Gasteiger charge is -2.10. The Kier molecular flexibility index (Phi) is 4.10. The normalized spacial score (nSPS) is 16.5. The van der Waals surface area contributed by atoms with Crippen molar-refractivity contribution in [3.8, 4) is 17.2 Å². The van der Waals surface area contributed by atoms with E-state index in [4.69, 9.17) is 14.2 Å². The second kappa shape index (κ2) is 6.37. The second-order valence-corrected chi connectivity index (χ2v) is 7.80. The van der Waals surface area contributed by atoms with Gasteiger partial charge in [0.2, 0.25) is 6.79 Å². The standard InChI is InChI=1S/C17H14O4S2/c18-16(13-2-1-3-14-15(13)20-10-19-14)21-12-6-4-11(5-7-12)17-22-8-9-23-17/h1-7,17H,8-10H2. The number of rotatable bonds is 3. The van der Waals surface area contributed by atoms with Gasteiger partial charge in [-0.1, -0.05) is 18.2 Å². The Hall–Kier alpha value is -1.79. The lowest BCUT2D eigenvalue weighted by Crippen LogP contribution is -2.09. The van der Waals surface area contributed by atoms with Crippen molar-refractivity contribution < 1.29 is 19.0 Å². The summed E-state index contributed by atoms with van der Waals surface area (Å²) in [4.78, 5) is 12.3. The quantitative estimate of drug-likeness (QED) is 0.615. The predicted molar refractivity (Wildman–Crippen MR) is 91.6 cm³/mol. The summed E-state index contributed by atoms with van der Waals surface area (Å²) in [7, 11) is 0. The molecule has 2 heterocycles. The number of para-hydroxylation sites is 1. The van der Waals surface area contributed by atoms with E-state index in [9.17, 15) is 4.79 Å². The molecule has 0 bridgehead atoms. The fourth-order valence-corrected chi connectivity index (χ4v) is 5.36. The summed E-state index contributed by atoms with van der Waals surface area (Å²) in [6.45, 7) is 0.130. The van der Waals surface area contributed by atoms with Crippen LogP contribution in [0.2, 0.25) is 0 Å². The SMILES string of the molecule is O=C(Oc1ccc(C2SCCS2)cc1)c1cccc2c1OCO2. The van der Waals surface area contributed by atoms with Gasteiger partial charge in [0.1, 0.15) is 11.3 Å². The highest BCUT2D eigenvalue weighted by atomic mass is 32.2. The number of carbonyl (C=O) groups excluding carboxylic acids is 1. The zero-order chi connectivity index (χ0) is 15.6. The molecule has 0 saturated carbocycles. The van der Waals surface area contributed by atoms with Gasteiger partial charge >= 0.3 is 5.97 Å². The van der Waals surface area contributed by atoms with Crippen molar-refractivity contribution in [2.24, 2.45) is 0 Å². The fraction of sp³-hybridized carbons (Fsp3) is 0.235. The molecule has 0 amide bonds. The predicted octanol–water partition coefficient (Wildman–Crippen LogP) is 4.11. The average Bonchev–Trinajstić information content (AvgIpc) is 3.26. The third kappa shape index (κ3) is 3.01. The number of ether oxygens (including phenoxy) is 3. The molecule has 6 heteroatoms. The van der Waals surface area contributed by atoms with Crippen LogP contribution in [0.5, 0.6) is 17.2 Å². The van der Waals surface area contributed by atoms with Crippen molar-refractivity contribution in [1.82, 2.24) is 0 Å². The van der Waals surface area contributed by atoms with Gasteiger partial charge in [-0.25, -0.2) is 4.79 Å². The molecular formula is C17H14O4S2. The van der Waals surface area contributed by atoms with Crippen LogP contribution >= 0.6 is 23.5 Å². The first-order valence-corrected chi connectivity index (χ1v) is 9.35. The van der Waals surface area contributed by atoms with Crippen molar-refractivity contribution in [2.75, 3.05) is 18.3 Å². The molecule has 0 radical (unpaired) electrons. The summed E-state index contributed by atoms with van der Waals surface area (Å²) in [5, 5.41) is 0. The molecule has 4 nitrogen and oxygen atoms in total. The third-order valence-electron chi connectivity index (χ3n) is 3.60. The van der Waals surface area contributed by atoms with E-state index in [1.807, 2.05) is 47.8 Å². The molecule has 2 aromatic rings. The minimum atomic E-state index is -0.440. The van der Waals surface area contributed by atoms with Gasteiger partial charge in [0.25, 0.3) is 0 Å². The average molecular weight is 346 g/mol. The van der Waals surface area contributed by atoms with Crippen LogP contribution in [0, 0.1) is 0 Å². The molecule has 0 N–H and O–H groups in total. The lowest BCUT2D eigenvalue weighted by molar-refractivity contribution is 0.0730. The van der Waals surface area contributed by atoms with Crippen LogP contribution in [0.25, 0.3) is 0 Å². The monoisotopic (exact) mass is 346 g/mol. The van der Waals surface area contributed by atoms with Crippen molar-refractivity contribution in [2.45, 2.75) is 4.58 Å². The molecule has 0 aromatic heterocycles. The van der Waals surface area contributed by atoms with E-state index in [1.165, 1.54) is 17.1 Å². The Morgan fingerprint density at radius 3 is 2.61 bits per heavy atom. The highest BCUT2D eigenvalue weighted by Gasteiger charge is 2.23. The van der Waals surface area contributed by atoms with Crippen LogP contribution in [-0.2, 0) is 0 Å². The first-order chi connectivity index (χ1) is 11.3. The topological polar surface area (TPSA) is 44.8 Å². The summed E-state index contributed by atoms with van der Waals surface area (Å²) in [5.74, 6) is 3.49. The van der Waals surface area contributed by atoms with Gasteiger partial charge in [0.15, 0.2) is 11.5 Å². The molecule has 0 spiro atoms. The summed E-state index contributed by atoms with van der Waals surface area (Å²) in [6.07, 6.45) is 0. The molecule has 2 aromatic carbocycles. The van der Waals surface area contributed by atoms with E-state index < -0.39 is 5.97 Å². The Bertz CT molecular complexity index is 724. The maximum absolute atomic E-state index is 12.3. The van der Waals surface area contributed by atoms with Crippen LogP contribution in [0.4, 0.5) is 0 Å². The zero-order valence-corrected chi connectivity index (χ0v) is 13.8. The number of esters is 1. The summed E-state index contributed by atoms with van der Waals surface area (Å²) in [5.41, 5.74) is 1.64. The highest BCUT2D eigenvalue weighted by Crippen LogP contribution is 2.45. The number of hydrogen-bond donors (Lipinski definition) is 0. The van der Waals surface area contributed by atoms with E-state index in [-0.39, 0.29) is 6.79 Å². The molecule has 2 aliphatic heterocycles. The Balaban J connectivity index is 1.49. The van der Waals surface area contributed by atoms with Crippen LogP contribution in [0.1, 0.15) is 20.5 Å². The molecule has 0 unspecified atom stereocenters. The highest BCUT2D eigenvalue weighted by molar-refractivity contribution is 8.19. The van der Waals surface area contributed by atoms with E-state index in [0.717, 1.165) is 0 Å². The molecule has 0 aliphatic carbocycles. The number of hydrogen-bond acceptors (Lipinski definition) is 6. The van der Waals surface area contributed by atoms with Crippen LogP contribution in [-0.4, -0.2) is 24.3 Å². The molecular weight excluding hydrogens is 332 g/mol. The minimum absolute atomic E-state index is 0.130. The molecule has 1 saturated heterocycles. The molecule has 23 heavy (non-hydrogen) atoms. The van der Waals surface area contributed by atoms with E-state index >= 15 is 0 Å². The maximum Gasteiger partial charge on any atom is 0.347 e. The van der Waals surface area contributed by atoms with Gasteiger partial charge in [-0.2, -0.15) is 0 Å². The Morgan fingerprint density at radius 1 is 1.04 bits per heavy atom. The second-order valence-electron chi connectivity index (χ2n) is 5.07. The number of fused-ring (bicyclic) bond motifs is 1. The van der Waals surface area contributed by atoms with Gasteiger partial charge in [-0.15, -0.1) is 23.5 Å². The molecule has 2 aliphatic rings. The van der Waals surface area contributed by atoms with Crippen LogP contribution < -0.4 is 14.2 Å². The maximum atomic E-state index is 12.3. The van der Waals surface area contributed by atoms with E-state index in [0.29, 0.717) is 27.4 Å². The smallest absolute Gasteiger partial charge is 0.347 e. The number of benzene rings is 2. The lowest BCUT2D eigenvalue weighted by atomic mass is 10.2. The van der Waals surface area contributed by atoms with E-state index in [1.54, 1.807) is 18.2 Å². The Morgan fingerprint density at radius 2 is 1.83 bits per heavy atom. The van der Waals surface area contributed by atoms with Gasteiger partial charge in [0.05, 0.1) is 4.58 Å². The van der Waals surface area contributed by atoms with Crippen molar-refractivity contribution in [3.05, 3.63) is 53.6 Å². The number of thioether (sulfide) groups is 2. The number of carbonyl (C=O) groups is 1. The first-order valence-electron chi connectivity index (χ1n) is 7.25. The van der Waals surface area contributed by atoms with Gasteiger partial charge in [-0.05, 0) is 29.8 Å². The fourth-order valence-electron chi connectivity index (χ4n) is 2.50. The summed E-state index contributed by atoms with van der Waals surface area (Å²) < 4.78 is 16.6. The van der Waals surface area contributed by atoms with Gasteiger partial charge in [0, 0.05) is 11.5 Å². The molecule has 4 rings (SSSR count). The molecule has 0 atom stereocenters. The largest absolute Gasteiger partial charge is 0.454 e. The van der Waals surface area contributed by atoms with Crippen molar-refractivity contribution in [1.29, 1.82) is 0 Å². The summed E-state index contributed by atoms with van der Waals surface area (Å²) in [6, 6.07) is 12.9. The van der Waals surface area contributed by atoms with Crippen molar-refractivity contribution in [3.63, 3.8) is 0 Å².